The molecule has 0 aromatic heterocycles. The molecule has 0 bridgehead atoms. The van der Waals surface area contributed by atoms with Crippen LogP contribution in [-0.2, 0) is 14.4 Å². The summed E-state index contributed by atoms with van der Waals surface area (Å²) in [6.07, 6.45) is 2.86. The van der Waals surface area contributed by atoms with Crippen molar-refractivity contribution in [1.82, 2.24) is 20.2 Å². The predicted octanol–water partition coefficient (Wildman–Crippen LogP) is 0.790. The van der Waals surface area contributed by atoms with Gasteiger partial charge in [0.15, 0.2) is 0 Å². The first-order valence-electron chi connectivity index (χ1n) is 12.0. The van der Waals surface area contributed by atoms with Crippen LogP contribution in [0.4, 0.5) is 5.69 Å². The lowest BCUT2D eigenvalue weighted by atomic mass is 9.81. The standard InChI is InChI=1S/C24H35N5O4/c1-26(33)23(31)20-15-18(16-21(30)28-9-5-6-10-28)17-25-22(20)24(32)29-13-11-27(12-14-29)19-7-3-2-4-8-19/h2-4,7-8,18,20,22,25,33H,5-6,9-17H2,1H3/t18?,20-,22-/m0/s1. The van der Waals surface area contributed by atoms with Crippen molar-refractivity contribution in [3.8, 4) is 0 Å². The van der Waals surface area contributed by atoms with Crippen LogP contribution in [0.25, 0.3) is 0 Å². The second kappa shape index (κ2) is 10.5. The Morgan fingerprint density at radius 2 is 1.67 bits per heavy atom. The van der Waals surface area contributed by atoms with Crippen molar-refractivity contribution in [1.29, 1.82) is 0 Å². The summed E-state index contributed by atoms with van der Waals surface area (Å²) in [6, 6.07) is 9.44. The summed E-state index contributed by atoms with van der Waals surface area (Å²) in [4.78, 5) is 44.7. The van der Waals surface area contributed by atoms with Gasteiger partial charge in [0.1, 0.15) is 0 Å². The van der Waals surface area contributed by atoms with E-state index in [1.807, 2.05) is 28.0 Å². The number of hydroxylamine groups is 2. The average molecular weight is 458 g/mol. The molecule has 2 N–H and O–H groups in total. The zero-order valence-corrected chi connectivity index (χ0v) is 19.4. The smallest absolute Gasteiger partial charge is 0.250 e. The first-order valence-corrected chi connectivity index (χ1v) is 12.0. The molecule has 3 fully saturated rings. The zero-order chi connectivity index (χ0) is 23.4. The molecule has 3 amide bonds. The Hall–Kier alpha value is -2.65. The van der Waals surface area contributed by atoms with E-state index >= 15 is 0 Å². The van der Waals surface area contributed by atoms with Crippen LogP contribution in [0.5, 0.6) is 0 Å². The van der Waals surface area contributed by atoms with Crippen LogP contribution < -0.4 is 10.2 Å². The molecule has 1 aromatic carbocycles. The van der Waals surface area contributed by atoms with Gasteiger partial charge in [-0.05, 0) is 43.9 Å². The van der Waals surface area contributed by atoms with E-state index in [2.05, 4.69) is 22.3 Å². The lowest BCUT2D eigenvalue weighted by Crippen LogP contribution is -2.61. The molecule has 3 aliphatic heterocycles. The van der Waals surface area contributed by atoms with E-state index in [0.29, 0.717) is 37.5 Å². The minimum atomic E-state index is -0.690. The molecule has 3 atom stereocenters. The summed E-state index contributed by atoms with van der Waals surface area (Å²) in [5, 5.41) is 13.7. The number of carbonyl (C=O) groups is 3. The fraction of sp³-hybridized carbons (Fsp3) is 0.625. The number of hydrogen-bond donors (Lipinski definition) is 2. The maximum Gasteiger partial charge on any atom is 0.250 e. The van der Waals surface area contributed by atoms with E-state index in [1.54, 1.807) is 0 Å². The van der Waals surface area contributed by atoms with Gasteiger partial charge >= 0.3 is 0 Å². The summed E-state index contributed by atoms with van der Waals surface area (Å²) < 4.78 is 0. The van der Waals surface area contributed by atoms with Gasteiger partial charge in [-0.15, -0.1) is 0 Å². The van der Waals surface area contributed by atoms with Crippen LogP contribution in [0, 0.1) is 11.8 Å². The van der Waals surface area contributed by atoms with Gasteiger partial charge in [-0.1, -0.05) is 18.2 Å². The third-order valence-corrected chi connectivity index (χ3v) is 7.15. The van der Waals surface area contributed by atoms with Crippen LogP contribution in [0.15, 0.2) is 30.3 Å². The molecule has 180 valence electrons. The van der Waals surface area contributed by atoms with Crippen molar-refractivity contribution in [3.63, 3.8) is 0 Å². The van der Waals surface area contributed by atoms with Gasteiger partial charge < -0.3 is 20.0 Å². The molecule has 0 saturated carbocycles. The second-order valence-electron chi connectivity index (χ2n) is 9.40. The zero-order valence-electron chi connectivity index (χ0n) is 19.4. The number of nitrogens with zero attached hydrogens (tertiary/aromatic N) is 4. The Kier molecular flexibility index (Phi) is 7.49. The number of benzene rings is 1. The van der Waals surface area contributed by atoms with E-state index in [-0.39, 0.29) is 17.7 Å². The minimum absolute atomic E-state index is 0.0361. The number of anilines is 1. The highest BCUT2D eigenvalue weighted by atomic mass is 16.5. The van der Waals surface area contributed by atoms with Crippen molar-refractivity contribution < 1.29 is 19.6 Å². The Balaban J connectivity index is 1.38. The highest BCUT2D eigenvalue weighted by molar-refractivity contribution is 5.90. The number of piperidine rings is 1. The lowest BCUT2D eigenvalue weighted by molar-refractivity contribution is -0.169. The predicted molar refractivity (Wildman–Crippen MR) is 124 cm³/mol. The van der Waals surface area contributed by atoms with E-state index < -0.39 is 17.9 Å². The van der Waals surface area contributed by atoms with Crippen molar-refractivity contribution in [2.24, 2.45) is 11.8 Å². The van der Waals surface area contributed by atoms with Crippen LogP contribution in [0.2, 0.25) is 0 Å². The van der Waals surface area contributed by atoms with Crippen molar-refractivity contribution in [3.05, 3.63) is 30.3 Å². The molecule has 0 radical (unpaired) electrons. The van der Waals surface area contributed by atoms with Gasteiger partial charge in [-0.3, -0.25) is 19.6 Å². The van der Waals surface area contributed by atoms with Crippen molar-refractivity contribution in [2.45, 2.75) is 31.7 Å². The highest BCUT2D eigenvalue weighted by Crippen LogP contribution is 2.28. The summed E-state index contributed by atoms with van der Waals surface area (Å²) in [5.74, 6) is -1.20. The molecule has 1 unspecified atom stereocenters. The first-order chi connectivity index (χ1) is 15.9. The Bertz CT molecular complexity index is 835. The van der Waals surface area contributed by atoms with E-state index in [4.69, 9.17) is 0 Å². The van der Waals surface area contributed by atoms with Crippen LogP contribution in [0.3, 0.4) is 0 Å². The van der Waals surface area contributed by atoms with Gasteiger partial charge in [0.2, 0.25) is 11.8 Å². The molecule has 3 heterocycles. The summed E-state index contributed by atoms with van der Waals surface area (Å²) in [6.45, 7) is 4.74. The quantitative estimate of drug-likeness (QED) is 0.501. The molecule has 9 heteroatoms. The second-order valence-corrected chi connectivity index (χ2v) is 9.40. The molecular formula is C24H35N5O4. The van der Waals surface area contributed by atoms with Gasteiger partial charge in [0.05, 0.1) is 12.0 Å². The largest absolute Gasteiger partial charge is 0.368 e. The van der Waals surface area contributed by atoms with Crippen molar-refractivity contribution >= 4 is 23.4 Å². The normalized spacial score (nSPS) is 25.8. The number of nitrogens with one attached hydrogen (secondary N) is 1. The maximum atomic E-state index is 13.4. The molecule has 3 aliphatic rings. The fourth-order valence-corrected chi connectivity index (χ4v) is 5.28. The molecule has 9 nitrogen and oxygen atoms in total. The summed E-state index contributed by atoms with van der Waals surface area (Å²) in [5.41, 5.74) is 1.14. The third-order valence-electron chi connectivity index (χ3n) is 7.15. The van der Waals surface area contributed by atoms with Gasteiger partial charge in [-0.25, -0.2) is 5.06 Å². The number of rotatable bonds is 5. The topological polar surface area (TPSA) is 96.4 Å². The van der Waals surface area contributed by atoms with Crippen LogP contribution >= 0.6 is 0 Å². The molecule has 33 heavy (non-hydrogen) atoms. The third kappa shape index (κ3) is 5.47. The maximum absolute atomic E-state index is 13.4. The molecule has 1 aromatic rings. The number of hydrogen-bond acceptors (Lipinski definition) is 6. The van der Waals surface area contributed by atoms with Gasteiger partial charge in [0, 0.05) is 58.4 Å². The Morgan fingerprint density at radius 1 is 1.00 bits per heavy atom. The minimum Gasteiger partial charge on any atom is -0.368 e. The number of carbonyl (C=O) groups excluding carboxylic acids is 3. The molecule has 0 aliphatic carbocycles. The SMILES string of the molecule is CN(O)C(=O)[C@H]1CC(CC(=O)N2CCCC2)CN[C@@H]1C(=O)N1CCN(c2ccccc2)CC1. The highest BCUT2D eigenvalue weighted by Gasteiger charge is 2.43. The lowest BCUT2D eigenvalue weighted by Gasteiger charge is -2.41. The van der Waals surface area contributed by atoms with Gasteiger partial charge in [0.25, 0.3) is 5.91 Å². The van der Waals surface area contributed by atoms with Crippen LogP contribution in [0.1, 0.15) is 25.7 Å². The number of amides is 3. The number of piperazine rings is 1. The monoisotopic (exact) mass is 457 g/mol. The molecule has 3 saturated heterocycles. The number of para-hydroxylation sites is 1. The van der Waals surface area contributed by atoms with Crippen molar-refractivity contribution in [2.75, 3.05) is 57.8 Å². The Morgan fingerprint density at radius 3 is 2.30 bits per heavy atom. The van der Waals surface area contributed by atoms with Gasteiger partial charge in [-0.2, -0.15) is 0 Å². The Labute approximate surface area is 195 Å². The molecule has 4 rings (SSSR count). The van der Waals surface area contributed by atoms with E-state index in [9.17, 15) is 19.6 Å². The van der Waals surface area contributed by atoms with E-state index in [0.717, 1.165) is 44.7 Å². The first kappa shape index (κ1) is 23.5. The summed E-state index contributed by atoms with van der Waals surface area (Å²) >= 11 is 0. The number of likely N-dealkylation sites (tertiary alicyclic amines) is 1. The fourth-order valence-electron chi connectivity index (χ4n) is 5.28. The molecular weight excluding hydrogens is 422 g/mol. The summed E-state index contributed by atoms with van der Waals surface area (Å²) in [7, 11) is 1.29. The van der Waals surface area contributed by atoms with E-state index in [1.165, 1.54) is 7.05 Å². The molecule has 0 spiro atoms. The van der Waals surface area contributed by atoms with Crippen LogP contribution in [-0.4, -0.2) is 96.7 Å². The average Bonchev–Trinajstić information content (AvgIpc) is 3.39.